The van der Waals surface area contributed by atoms with Crippen LogP contribution in [0.25, 0.3) is 0 Å². The summed E-state index contributed by atoms with van der Waals surface area (Å²) in [5, 5.41) is 9.84. The second-order valence-corrected chi connectivity index (χ2v) is 8.69. The van der Waals surface area contributed by atoms with Crippen molar-refractivity contribution in [2.75, 3.05) is 0 Å². The summed E-state index contributed by atoms with van der Waals surface area (Å²) in [6, 6.07) is 0. The van der Waals surface area contributed by atoms with E-state index in [1.807, 2.05) is 6.92 Å². The number of carbonyl (C=O) groups is 1. The number of fused-ring (bicyclic) bond motifs is 3. The molecule has 0 saturated heterocycles. The lowest BCUT2D eigenvalue weighted by atomic mass is 9.45. The lowest BCUT2D eigenvalue weighted by molar-refractivity contribution is -0.164. The van der Waals surface area contributed by atoms with E-state index in [-0.39, 0.29) is 10.8 Å². The van der Waals surface area contributed by atoms with E-state index in [9.17, 15) is 9.90 Å². The molecule has 2 fully saturated rings. The molecule has 22 heavy (non-hydrogen) atoms. The number of hydrogen-bond acceptors (Lipinski definition) is 1. The van der Waals surface area contributed by atoms with E-state index >= 15 is 0 Å². The maximum Gasteiger partial charge on any atom is 0.309 e. The first-order chi connectivity index (χ1) is 10.3. The van der Waals surface area contributed by atoms with Crippen LogP contribution in [0.15, 0.2) is 24.3 Å². The summed E-state index contributed by atoms with van der Waals surface area (Å²) in [4.78, 5) is 12.0. The first-order valence-electron chi connectivity index (χ1n) is 8.84. The van der Waals surface area contributed by atoms with Crippen LogP contribution in [0.4, 0.5) is 0 Å². The van der Waals surface area contributed by atoms with Gasteiger partial charge in [-0.05, 0) is 62.7 Å². The molecular weight excluding hydrogens is 272 g/mol. The van der Waals surface area contributed by atoms with Crippen molar-refractivity contribution >= 4 is 5.97 Å². The minimum absolute atomic E-state index is 0.139. The molecule has 0 bridgehead atoms. The van der Waals surface area contributed by atoms with Crippen molar-refractivity contribution in [3.8, 4) is 0 Å². The third-order valence-electron chi connectivity index (χ3n) is 7.38. The normalized spacial score (nSPS) is 47.9. The van der Waals surface area contributed by atoms with Gasteiger partial charge in [-0.25, -0.2) is 0 Å². The highest BCUT2D eigenvalue weighted by Gasteiger charge is 2.58. The van der Waals surface area contributed by atoms with Crippen molar-refractivity contribution in [1.29, 1.82) is 0 Å². The van der Waals surface area contributed by atoms with Gasteiger partial charge >= 0.3 is 5.97 Å². The largest absolute Gasteiger partial charge is 0.481 e. The van der Waals surface area contributed by atoms with Gasteiger partial charge in [0.1, 0.15) is 0 Å². The van der Waals surface area contributed by atoms with Crippen LogP contribution >= 0.6 is 0 Å². The molecule has 2 heteroatoms. The molecule has 1 N–H and O–H groups in total. The number of aliphatic carboxylic acids is 1. The monoisotopic (exact) mass is 302 g/mol. The van der Waals surface area contributed by atoms with E-state index in [1.165, 1.54) is 12.8 Å². The van der Waals surface area contributed by atoms with Gasteiger partial charge in [-0.2, -0.15) is 0 Å². The zero-order chi connectivity index (χ0) is 16.2. The van der Waals surface area contributed by atoms with Gasteiger partial charge in [0.2, 0.25) is 0 Å². The zero-order valence-electron chi connectivity index (χ0n) is 14.3. The van der Waals surface area contributed by atoms with Crippen molar-refractivity contribution in [3.63, 3.8) is 0 Å². The Balaban J connectivity index is 1.99. The Morgan fingerprint density at radius 2 is 2.00 bits per heavy atom. The summed E-state index contributed by atoms with van der Waals surface area (Å²) in [5.41, 5.74) is 1.36. The molecule has 0 radical (unpaired) electrons. The predicted molar refractivity (Wildman–Crippen MR) is 89.5 cm³/mol. The van der Waals surface area contributed by atoms with E-state index < -0.39 is 11.4 Å². The summed E-state index contributed by atoms with van der Waals surface area (Å²) in [6.07, 6.45) is 12.1. The topological polar surface area (TPSA) is 37.3 Å². The molecule has 3 aliphatic rings. The highest BCUT2D eigenvalue weighted by molar-refractivity contribution is 5.75. The van der Waals surface area contributed by atoms with Crippen LogP contribution in [0.5, 0.6) is 0 Å². The van der Waals surface area contributed by atoms with Gasteiger partial charge < -0.3 is 5.11 Å². The van der Waals surface area contributed by atoms with Gasteiger partial charge in [0.25, 0.3) is 0 Å². The van der Waals surface area contributed by atoms with Gasteiger partial charge in [-0.15, -0.1) is 6.58 Å². The maximum absolute atomic E-state index is 12.0. The Morgan fingerprint density at radius 1 is 1.27 bits per heavy atom. The average molecular weight is 302 g/mol. The van der Waals surface area contributed by atoms with Crippen molar-refractivity contribution in [2.24, 2.45) is 28.1 Å². The van der Waals surface area contributed by atoms with Crippen molar-refractivity contribution in [2.45, 2.75) is 65.7 Å². The molecule has 0 aliphatic heterocycles. The Labute approximate surface area is 134 Å². The lowest BCUT2D eigenvalue weighted by Crippen LogP contribution is -2.54. The van der Waals surface area contributed by atoms with Crippen molar-refractivity contribution in [3.05, 3.63) is 24.3 Å². The van der Waals surface area contributed by atoms with Crippen LogP contribution < -0.4 is 0 Å². The van der Waals surface area contributed by atoms with Crippen LogP contribution in [0.3, 0.4) is 0 Å². The number of rotatable bonds is 2. The maximum atomic E-state index is 12.0. The Kier molecular flexibility index (Phi) is 3.58. The fourth-order valence-electron chi connectivity index (χ4n) is 5.94. The van der Waals surface area contributed by atoms with E-state index in [0.29, 0.717) is 11.8 Å². The number of carboxylic acids is 1. The average Bonchev–Trinajstić information content (AvgIpc) is 2.46. The zero-order valence-corrected chi connectivity index (χ0v) is 14.3. The van der Waals surface area contributed by atoms with Gasteiger partial charge in [-0.1, -0.05) is 38.0 Å². The number of carboxylic acid groups (broad SMARTS) is 1. The van der Waals surface area contributed by atoms with Gasteiger partial charge in [0.15, 0.2) is 0 Å². The highest BCUT2D eigenvalue weighted by Crippen LogP contribution is 2.63. The molecule has 0 heterocycles. The summed E-state index contributed by atoms with van der Waals surface area (Å²) >= 11 is 0. The minimum atomic E-state index is -0.581. The van der Waals surface area contributed by atoms with Gasteiger partial charge in [0, 0.05) is 5.41 Å². The summed E-state index contributed by atoms with van der Waals surface area (Å²) in [5.74, 6) is 0.322. The molecule has 0 spiro atoms. The van der Waals surface area contributed by atoms with Crippen LogP contribution in [-0.4, -0.2) is 11.1 Å². The van der Waals surface area contributed by atoms with Crippen LogP contribution in [0, 0.1) is 28.1 Å². The van der Waals surface area contributed by atoms with Crippen LogP contribution in [-0.2, 0) is 4.79 Å². The molecule has 2 saturated carbocycles. The number of allylic oxidation sites excluding steroid dienone is 3. The Bertz CT molecular complexity index is 534. The number of hydrogen-bond donors (Lipinski definition) is 1. The summed E-state index contributed by atoms with van der Waals surface area (Å²) in [7, 11) is 0. The van der Waals surface area contributed by atoms with Gasteiger partial charge in [0.05, 0.1) is 5.41 Å². The van der Waals surface area contributed by atoms with E-state index in [1.54, 1.807) is 5.57 Å². The smallest absolute Gasteiger partial charge is 0.309 e. The predicted octanol–water partition coefficient (Wildman–Crippen LogP) is 5.21. The summed E-state index contributed by atoms with van der Waals surface area (Å²) < 4.78 is 0. The van der Waals surface area contributed by atoms with Crippen molar-refractivity contribution < 1.29 is 9.90 Å². The highest BCUT2D eigenvalue weighted by atomic mass is 16.4. The molecule has 122 valence electrons. The molecule has 5 atom stereocenters. The molecule has 0 aromatic carbocycles. The quantitative estimate of drug-likeness (QED) is 0.711. The third-order valence-corrected chi connectivity index (χ3v) is 7.38. The molecular formula is C20H30O2. The Hall–Kier alpha value is -1.05. The van der Waals surface area contributed by atoms with Gasteiger partial charge in [-0.3, -0.25) is 4.79 Å². The van der Waals surface area contributed by atoms with E-state index in [2.05, 4.69) is 32.6 Å². The third kappa shape index (κ3) is 2.10. The van der Waals surface area contributed by atoms with Crippen LogP contribution in [0.2, 0.25) is 0 Å². The molecule has 0 aromatic rings. The molecule has 0 amide bonds. The minimum Gasteiger partial charge on any atom is -0.481 e. The standard InChI is InChI=1S/C20H30O2/c1-5-18(2)12-9-15-14(13-18)7-8-16-19(15,3)10-6-11-20(16,4)17(21)22/h5,13,15-16H,1,6-12H2,2-4H3,(H,21,22)/t15?,16?,18-,19?,20?/m1/s1. The van der Waals surface area contributed by atoms with E-state index in [0.717, 1.165) is 32.1 Å². The molecule has 0 aromatic heterocycles. The molecule has 3 rings (SSSR count). The second-order valence-electron chi connectivity index (χ2n) is 8.69. The Morgan fingerprint density at radius 3 is 2.64 bits per heavy atom. The summed E-state index contributed by atoms with van der Waals surface area (Å²) in [6.45, 7) is 10.7. The van der Waals surface area contributed by atoms with E-state index in [4.69, 9.17) is 0 Å². The molecule has 3 aliphatic carbocycles. The fourth-order valence-corrected chi connectivity index (χ4v) is 5.94. The lowest BCUT2D eigenvalue weighted by Gasteiger charge is -2.59. The molecule has 4 unspecified atom stereocenters. The van der Waals surface area contributed by atoms with Crippen molar-refractivity contribution in [1.82, 2.24) is 0 Å². The second kappa shape index (κ2) is 4.97. The first kappa shape index (κ1) is 15.8. The first-order valence-corrected chi connectivity index (χ1v) is 8.84. The van der Waals surface area contributed by atoms with Crippen LogP contribution in [0.1, 0.15) is 65.7 Å². The molecule has 2 nitrogen and oxygen atoms in total. The SMILES string of the molecule is C=C[C@@]1(C)C=C2CCC3C(C)(C(=O)O)CCCC3(C)C2CC1. The fraction of sp³-hybridized carbons (Fsp3) is 0.750.